The second kappa shape index (κ2) is 4.78. The van der Waals surface area contributed by atoms with Crippen molar-refractivity contribution in [2.75, 3.05) is 11.9 Å². The first kappa shape index (κ1) is 11.2. The zero-order chi connectivity index (χ0) is 12.4. The zero-order valence-corrected chi connectivity index (χ0v) is 10.9. The van der Waals surface area contributed by atoms with Crippen molar-refractivity contribution in [3.05, 3.63) is 46.3 Å². The molecular weight excluding hydrogens is 244 g/mol. The van der Waals surface area contributed by atoms with Crippen LogP contribution in [0, 0.1) is 6.92 Å². The van der Waals surface area contributed by atoms with Gasteiger partial charge in [0.1, 0.15) is 0 Å². The predicted molar refractivity (Wildman–Crippen MR) is 74.2 cm³/mol. The molecule has 0 amide bonds. The number of hydrogen-bond donors (Lipinski definition) is 1. The third kappa shape index (κ3) is 2.36. The van der Waals surface area contributed by atoms with Crippen molar-refractivity contribution < 1.29 is 0 Å². The van der Waals surface area contributed by atoms with E-state index in [4.69, 9.17) is 0 Å². The van der Waals surface area contributed by atoms with Crippen LogP contribution < -0.4 is 5.32 Å². The Morgan fingerprint density at radius 2 is 2.33 bits per heavy atom. The minimum atomic E-state index is 0.691. The van der Waals surface area contributed by atoms with Gasteiger partial charge in [0, 0.05) is 12.7 Å². The largest absolute Gasteiger partial charge is 0.353 e. The quantitative estimate of drug-likeness (QED) is 0.782. The average Bonchev–Trinajstić information content (AvgIpc) is 2.97. The van der Waals surface area contributed by atoms with Gasteiger partial charge in [-0.05, 0) is 53.4 Å². The molecule has 5 heteroatoms. The van der Waals surface area contributed by atoms with Crippen molar-refractivity contribution in [3.8, 4) is 0 Å². The standard InChI is InChI=1S/C13H14N4S/c1-10-3-6-17-12(8-10)15-13(16-17)14-5-2-11-4-7-18-9-11/h3-4,6-9H,2,5H2,1H3,(H,14,16). The van der Waals surface area contributed by atoms with Gasteiger partial charge in [-0.3, -0.25) is 0 Å². The average molecular weight is 258 g/mol. The molecule has 0 aliphatic heterocycles. The molecule has 0 saturated carbocycles. The molecule has 0 radical (unpaired) electrons. The number of nitrogens with zero attached hydrogens (tertiary/aromatic N) is 3. The topological polar surface area (TPSA) is 42.2 Å². The highest BCUT2D eigenvalue weighted by atomic mass is 32.1. The van der Waals surface area contributed by atoms with E-state index in [9.17, 15) is 0 Å². The molecule has 0 spiro atoms. The lowest BCUT2D eigenvalue weighted by atomic mass is 10.2. The number of anilines is 1. The molecule has 0 aliphatic rings. The van der Waals surface area contributed by atoms with Gasteiger partial charge >= 0.3 is 0 Å². The minimum absolute atomic E-state index is 0.691. The van der Waals surface area contributed by atoms with Crippen LogP contribution in [0.5, 0.6) is 0 Å². The lowest BCUT2D eigenvalue weighted by Crippen LogP contribution is -2.05. The summed E-state index contributed by atoms with van der Waals surface area (Å²) in [5.74, 6) is 0.691. The van der Waals surface area contributed by atoms with Gasteiger partial charge in [0.05, 0.1) is 0 Å². The molecule has 18 heavy (non-hydrogen) atoms. The Morgan fingerprint density at radius 3 is 3.17 bits per heavy atom. The van der Waals surface area contributed by atoms with E-state index < -0.39 is 0 Å². The molecule has 0 unspecified atom stereocenters. The van der Waals surface area contributed by atoms with Crippen LogP contribution in [0.25, 0.3) is 5.65 Å². The maximum absolute atomic E-state index is 4.44. The maximum Gasteiger partial charge on any atom is 0.243 e. The van der Waals surface area contributed by atoms with Gasteiger partial charge in [-0.1, -0.05) is 0 Å². The molecule has 0 fully saturated rings. The Labute approximate surface area is 109 Å². The summed E-state index contributed by atoms with van der Waals surface area (Å²) < 4.78 is 1.79. The van der Waals surface area contributed by atoms with Crippen molar-refractivity contribution >= 4 is 22.9 Å². The Morgan fingerprint density at radius 1 is 1.39 bits per heavy atom. The summed E-state index contributed by atoms with van der Waals surface area (Å²) in [4.78, 5) is 4.44. The Bertz CT molecular complexity index is 642. The summed E-state index contributed by atoms with van der Waals surface area (Å²) in [5, 5.41) is 11.9. The van der Waals surface area contributed by atoms with E-state index in [2.05, 4.69) is 39.1 Å². The molecule has 3 aromatic heterocycles. The fourth-order valence-corrected chi connectivity index (χ4v) is 2.51. The summed E-state index contributed by atoms with van der Waals surface area (Å²) in [6.07, 6.45) is 2.93. The lowest BCUT2D eigenvalue weighted by molar-refractivity contribution is 0.937. The fraction of sp³-hybridized carbons (Fsp3) is 0.231. The fourth-order valence-electron chi connectivity index (χ4n) is 1.81. The number of aryl methyl sites for hydroxylation is 1. The number of hydrogen-bond acceptors (Lipinski definition) is 4. The van der Waals surface area contributed by atoms with Crippen LogP contribution in [0.2, 0.25) is 0 Å². The third-order valence-corrected chi connectivity index (χ3v) is 3.50. The molecule has 0 bridgehead atoms. The van der Waals surface area contributed by atoms with Crippen LogP contribution in [0.3, 0.4) is 0 Å². The van der Waals surface area contributed by atoms with Gasteiger partial charge in [0.25, 0.3) is 0 Å². The summed E-state index contributed by atoms with van der Waals surface area (Å²) in [6, 6.07) is 6.20. The molecule has 4 nitrogen and oxygen atoms in total. The highest BCUT2D eigenvalue weighted by Crippen LogP contribution is 2.09. The van der Waals surface area contributed by atoms with Crippen molar-refractivity contribution in [2.24, 2.45) is 0 Å². The van der Waals surface area contributed by atoms with Gasteiger partial charge in [-0.25, -0.2) is 4.52 Å². The molecule has 0 atom stereocenters. The number of aromatic nitrogens is 3. The molecule has 0 aliphatic carbocycles. The van der Waals surface area contributed by atoms with Crippen LogP contribution in [0.1, 0.15) is 11.1 Å². The first-order valence-electron chi connectivity index (χ1n) is 5.89. The Hall–Kier alpha value is -1.88. The molecule has 3 heterocycles. The number of nitrogens with one attached hydrogen (secondary N) is 1. The Kier molecular flexibility index (Phi) is 2.98. The molecule has 0 saturated heterocycles. The highest BCUT2D eigenvalue weighted by Gasteiger charge is 2.02. The normalized spacial score (nSPS) is 10.9. The SMILES string of the molecule is Cc1ccn2nc(NCCc3ccsc3)nc2c1. The van der Waals surface area contributed by atoms with Gasteiger partial charge in [0.15, 0.2) is 5.65 Å². The Balaban J connectivity index is 1.67. The molecule has 0 aromatic carbocycles. The molecule has 1 N–H and O–H groups in total. The summed E-state index contributed by atoms with van der Waals surface area (Å²) in [5.41, 5.74) is 3.43. The van der Waals surface area contributed by atoms with Crippen LogP contribution in [-0.4, -0.2) is 21.1 Å². The van der Waals surface area contributed by atoms with E-state index >= 15 is 0 Å². The van der Waals surface area contributed by atoms with Crippen molar-refractivity contribution in [1.29, 1.82) is 0 Å². The van der Waals surface area contributed by atoms with Gasteiger partial charge in [-0.2, -0.15) is 16.3 Å². The molecular formula is C13H14N4S. The van der Waals surface area contributed by atoms with E-state index in [0.717, 1.165) is 18.6 Å². The van der Waals surface area contributed by atoms with Crippen LogP contribution in [-0.2, 0) is 6.42 Å². The summed E-state index contributed by atoms with van der Waals surface area (Å²) >= 11 is 1.73. The van der Waals surface area contributed by atoms with Crippen LogP contribution >= 0.6 is 11.3 Å². The smallest absolute Gasteiger partial charge is 0.243 e. The first-order chi connectivity index (χ1) is 8.81. The third-order valence-electron chi connectivity index (χ3n) is 2.77. The molecule has 3 aromatic rings. The predicted octanol–water partition coefficient (Wildman–Crippen LogP) is 2.75. The second-order valence-electron chi connectivity index (χ2n) is 4.25. The number of rotatable bonds is 4. The van der Waals surface area contributed by atoms with Crippen LogP contribution in [0.4, 0.5) is 5.95 Å². The van der Waals surface area contributed by atoms with E-state index in [0.29, 0.717) is 5.95 Å². The summed E-state index contributed by atoms with van der Waals surface area (Å²) in [6.45, 7) is 2.91. The van der Waals surface area contributed by atoms with Gasteiger partial charge < -0.3 is 5.32 Å². The first-order valence-corrected chi connectivity index (χ1v) is 6.83. The van der Waals surface area contributed by atoms with Crippen LogP contribution in [0.15, 0.2) is 35.2 Å². The van der Waals surface area contributed by atoms with E-state index in [1.54, 1.807) is 15.9 Å². The number of pyridine rings is 1. The summed E-state index contributed by atoms with van der Waals surface area (Å²) in [7, 11) is 0. The minimum Gasteiger partial charge on any atom is -0.353 e. The van der Waals surface area contributed by atoms with Crippen molar-refractivity contribution in [3.63, 3.8) is 0 Å². The van der Waals surface area contributed by atoms with Gasteiger partial charge in [-0.15, -0.1) is 5.10 Å². The van der Waals surface area contributed by atoms with Gasteiger partial charge in [0.2, 0.25) is 5.95 Å². The monoisotopic (exact) mass is 258 g/mol. The van der Waals surface area contributed by atoms with E-state index in [1.807, 2.05) is 18.3 Å². The van der Waals surface area contributed by atoms with E-state index in [-0.39, 0.29) is 0 Å². The molecule has 92 valence electrons. The zero-order valence-electron chi connectivity index (χ0n) is 10.1. The van der Waals surface area contributed by atoms with Crippen molar-refractivity contribution in [1.82, 2.24) is 14.6 Å². The molecule has 3 rings (SSSR count). The lowest BCUT2D eigenvalue weighted by Gasteiger charge is -1.98. The number of fused-ring (bicyclic) bond motifs is 1. The highest BCUT2D eigenvalue weighted by molar-refractivity contribution is 7.07. The maximum atomic E-state index is 4.44. The van der Waals surface area contributed by atoms with E-state index in [1.165, 1.54) is 11.1 Å². The number of thiophene rings is 1. The second-order valence-corrected chi connectivity index (χ2v) is 5.03. The van der Waals surface area contributed by atoms with Crippen molar-refractivity contribution in [2.45, 2.75) is 13.3 Å².